The van der Waals surface area contributed by atoms with Gasteiger partial charge in [-0.15, -0.1) is 11.3 Å². The monoisotopic (exact) mass is 304 g/mol. The Balaban J connectivity index is 2.16. The van der Waals surface area contributed by atoms with E-state index in [-0.39, 0.29) is 10.7 Å². The molecule has 0 aliphatic rings. The van der Waals surface area contributed by atoms with Crippen LogP contribution in [0, 0.1) is 0 Å². The highest BCUT2D eigenvalue weighted by Crippen LogP contribution is 2.33. The summed E-state index contributed by atoms with van der Waals surface area (Å²) in [7, 11) is 0. The first kappa shape index (κ1) is 13.9. The Hall–Kier alpha value is -1.53. The number of rotatable bonds is 3. The summed E-state index contributed by atoms with van der Waals surface area (Å²) in [5, 5.41) is 5.90. The van der Waals surface area contributed by atoms with Crippen LogP contribution in [0.5, 0.6) is 0 Å². The van der Waals surface area contributed by atoms with E-state index in [0.29, 0.717) is 0 Å². The zero-order valence-corrected chi connectivity index (χ0v) is 11.0. The molecule has 0 fully saturated rings. The van der Waals surface area contributed by atoms with E-state index >= 15 is 0 Å². The number of nitrogens with one attached hydrogen (secondary N) is 1. The Labute approximate surface area is 116 Å². The van der Waals surface area contributed by atoms with Crippen LogP contribution in [0.25, 0.3) is 0 Å². The number of nitrogens with zero attached hydrogens (tertiary/aromatic N) is 1. The fourth-order valence-electron chi connectivity index (χ4n) is 1.32. The van der Waals surface area contributed by atoms with E-state index in [1.165, 1.54) is 23.6 Å². The van der Waals surface area contributed by atoms with E-state index in [0.717, 1.165) is 17.0 Å². The molecule has 1 aromatic heterocycles. The SMILES string of the molecule is FC(F)(F)c1ccc(Cl)c(N/N=C\c2cccs2)c1. The second kappa shape index (κ2) is 5.63. The second-order valence-corrected chi connectivity index (χ2v) is 4.96. The van der Waals surface area contributed by atoms with Gasteiger partial charge in [0.2, 0.25) is 0 Å². The first-order chi connectivity index (χ1) is 8.97. The summed E-state index contributed by atoms with van der Waals surface area (Å²) >= 11 is 7.27. The van der Waals surface area contributed by atoms with Crippen LogP contribution in [0.2, 0.25) is 5.02 Å². The van der Waals surface area contributed by atoms with Crippen molar-refractivity contribution >= 4 is 34.8 Å². The van der Waals surface area contributed by atoms with Gasteiger partial charge >= 0.3 is 6.18 Å². The Morgan fingerprint density at radius 3 is 2.68 bits per heavy atom. The molecule has 1 N–H and O–H groups in total. The number of benzene rings is 1. The summed E-state index contributed by atoms with van der Waals surface area (Å²) in [5.74, 6) is 0. The summed E-state index contributed by atoms with van der Waals surface area (Å²) in [6.07, 6.45) is -2.89. The number of alkyl halides is 3. The molecule has 0 saturated carbocycles. The van der Waals surface area contributed by atoms with Gasteiger partial charge in [-0.2, -0.15) is 18.3 Å². The van der Waals surface area contributed by atoms with Gasteiger partial charge in [0, 0.05) is 4.88 Å². The first-order valence-corrected chi connectivity index (χ1v) is 6.42. The number of hydrogen-bond acceptors (Lipinski definition) is 3. The van der Waals surface area contributed by atoms with Crippen LogP contribution < -0.4 is 5.43 Å². The van der Waals surface area contributed by atoms with Gasteiger partial charge in [0.1, 0.15) is 0 Å². The van der Waals surface area contributed by atoms with Gasteiger partial charge in [-0.3, -0.25) is 5.43 Å². The van der Waals surface area contributed by atoms with Crippen molar-refractivity contribution in [3.05, 3.63) is 51.2 Å². The number of hydrazone groups is 1. The van der Waals surface area contributed by atoms with Crippen molar-refractivity contribution < 1.29 is 13.2 Å². The summed E-state index contributed by atoms with van der Waals surface area (Å²) in [6.45, 7) is 0. The van der Waals surface area contributed by atoms with E-state index < -0.39 is 11.7 Å². The average molecular weight is 305 g/mol. The van der Waals surface area contributed by atoms with Crippen LogP contribution in [0.1, 0.15) is 10.4 Å². The lowest BCUT2D eigenvalue weighted by atomic mass is 10.2. The molecule has 1 aromatic carbocycles. The fraction of sp³-hybridized carbons (Fsp3) is 0.0833. The third-order valence-electron chi connectivity index (χ3n) is 2.21. The molecule has 2 rings (SSSR count). The third kappa shape index (κ3) is 3.71. The molecule has 0 unspecified atom stereocenters. The standard InChI is InChI=1S/C12H8ClF3N2S/c13-10-4-3-8(12(14,15)16)6-11(10)18-17-7-9-2-1-5-19-9/h1-7,18H/b17-7-. The third-order valence-corrected chi connectivity index (χ3v) is 3.35. The van der Waals surface area contributed by atoms with Gasteiger partial charge in [-0.05, 0) is 29.6 Å². The first-order valence-electron chi connectivity index (χ1n) is 5.16. The minimum atomic E-state index is -4.40. The Bertz CT molecular complexity index is 579. The van der Waals surface area contributed by atoms with Crippen molar-refractivity contribution in [1.82, 2.24) is 0 Å². The molecule has 0 radical (unpaired) electrons. The van der Waals surface area contributed by atoms with Gasteiger partial charge in [-0.1, -0.05) is 17.7 Å². The van der Waals surface area contributed by atoms with Gasteiger partial charge in [0.25, 0.3) is 0 Å². The summed E-state index contributed by atoms with van der Waals surface area (Å²) in [4.78, 5) is 0.885. The minimum Gasteiger partial charge on any atom is -0.277 e. The maximum Gasteiger partial charge on any atom is 0.416 e. The molecule has 0 amide bonds. The lowest BCUT2D eigenvalue weighted by molar-refractivity contribution is -0.137. The molecule has 0 aliphatic carbocycles. The second-order valence-electron chi connectivity index (χ2n) is 3.58. The minimum absolute atomic E-state index is 0.115. The van der Waals surface area contributed by atoms with Crippen LogP contribution in [0.3, 0.4) is 0 Å². The zero-order valence-electron chi connectivity index (χ0n) is 9.41. The fourth-order valence-corrected chi connectivity index (χ4v) is 2.06. The molecule has 2 aromatic rings. The maximum absolute atomic E-state index is 12.5. The molecule has 1 heterocycles. The summed E-state index contributed by atoms with van der Waals surface area (Å²) in [6, 6.07) is 6.73. The van der Waals surface area contributed by atoms with Crippen LogP contribution >= 0.6 is 22.9 Å². The number of halogens is 4. The lowest BCUT2D eigenvalue weighted by Gasteiger charge is -2.09. The molecule has 0 spiro atoms. The molecule has 0 saturated heterocycles. The van der Waals surface area contributed by atoms with Crippen LogP contribution in [-0.2, 0) is 6.18 Å². The Kier molecular flexibility index (Phi) is 4.11. The van der Waals surface area contributed by atoms with E-state index in [2.05, 4.69) is 10.5 Å². The molecular formula is C12H8ClF3N2S. The van der Waals surface area contributed by atoms with Crippen molar-refractivity contribution in [1.29, 1.82) is 0 Å². The van der Waals surface area contributed by atoms with Crippen LogP contribution in [-0.4, -0.2) is 6.21 Å². The highest BCUT2D eigenvalue weighted by molar-refractivity contribution is 7.11. The van der Waals surface area contributed by atoms with Gasteiger partial charge in [0.05, 0.1) is 22.5 Å². The highest BCUT2D eigenvalue weighted by atomic mass is 35.5. The van der Waals surface area contributed by atoms with Crippen LogP contribution in [0.15, 0.2) is 40.8 Å². The van der Waals surface area contributed by atoms with E-state index in [9.17, 15) is 13.2 Å². The van der Waals surface area contributed by atoms with Crippen molar-refractivity contribution in [3.8, 4) is 0 Å². The molecule has 100 valence electrons. The molecule has 2 nitrogen and oxygen atoms in total. The Morgan fingerprint density at radius 2 is 2.05 bits per heavy atom. The molecule has 19 heavy (non-hydrogen) atoms. The van der Waals surface area contributed by atoms with Crippen molar-refractivity contribution in [2.24, 2.45) is 5.10 Å². The highest BCUT2D eigenvalue weighted by Gasteiger charge is 2.30. The molecule has 7 heteroatoms. The maximum atomic E-state index is 12.5. The average Bonchev–Trinajstić information content (AvgIpc) is 2.83. The van der Waals surface area contributed by atoms with Gasteiger partial charge in [0.15, 0.2) is 0 Å². The quantitative estimate of drug-likeness (QED) is 0.635. The number of thiophene rings is 1. The summed E-state index contributed by atoms with van der Waals surface area (Å²) in [5.41, 5.74) is 1.85. The van der Waals surface area contributed by atoms with Crippen molar-refractivity contribution in [2.75, 3.05) is 5.43 Å². The van der Waals surface area contributed by atoms with Gasteiger partial charge in [-0.25, -0.2) is 0 Å². The topological polar surface area (TPSA) is 24.4 Å². The van der Waals surface area contributed by atoms with Crippen LogP contribution in [0.4, 0.5) is 18.9 Å². The van der Waals surface area contributed by atoms with E-state index in [1.54, 1.807) is 0 Å². The largest absolute Gasteiger partial charge is 0.416 e. The normalized spacial score (nSPS) is 12.0. The van der Waals surface area contributed by atoms with Crippen molar-refractivity contribution in [2.45, 2.75) is 6.18 Å². The number of hydrogen-bond donors (Lipinski definition) is 1. The molecule has 0 bridgehead atoms. The van der Waals surface area contributed by atoms with Crippen molar-refractivity contribution in [3.63, 3.8) is 0 Å². The van der Waals surface area contributed by atoms with E-state index in [4.69, 9.17) is 11.6 Å². The molecular weight excluding hydrogens is 297 g/mol. The predicted molar refractivity (Wildman–Crippen MR) is 72.0 cm³/mol. The van der Waals surface area contributed by atoms with E-state index in [1.807, 2.05) is 17.5 Å². The summed E-state index contributed by atoms with van der Waals surface area (Å²) < 4.78 is 37.6. The molecule has 0 atom stereocenters. The zero-order chi connectivity index (χ0) is 13.9. The predicted octanol–water partition coefficient (Wildman–Crippen LogP) is 4.87. The smallest absolute Gasteiger partial charge is 0.277 e. The lowest BCUT2D eigenvalue weighted by Crippen LogP contribution is -2.05. The Morgan fingerprint density at radius 1 is 1.26 bits per heavy atom. The molecule has 0 aliphatic heterocycles. The van der Waals surface area contributed by atoms with Gasteiger partial charge < -0.3 is 0 Å². The number of anilines is 1.